The lowest BCUT2D eigenvalue weighted by Gasteiger charge is -2.36. The summed E-state index contributed by atoms with van der Waals surface area (Å²) >= 11 is 0. The van der Waals surface area contributed by atoms with Crippen molar-refractivity contribution in [3.05, 3.63) is 0 Å². The van der Waals surface area contributed by atoms with E-state index >= 15 is 0 Å². The predicted molar refractivity (Wildman–Crippen MR) is 113 cm³/mol. The van der Waals surface area contributed by atoms with Crippen LogP contribution in [0.5, 0.6) is 0 Å². The quantitative estimate of drug-likeness (QED) is 0.399. The van der Waals surface area contributed by atoms with E-state index in [2.05, 4.69) is 25.7 Å². The Kier molecular flexibility index (Phi) is 12.1. The van der Waals surface area contributed by atoms with Gasteiger partial charge in [0.25, 0.3) is 0 Å². The number of rotatable bonds is 14. The Morgan fingerprint density at radius 1 is 1.00 bits per heavy atom. The third-order valence-electron chi connectivity index (χ3n) is 6.16. The van der Waals surface area contributed by atoms with E-state index in [1.807, 2.05) is 6.92 Å². The molecule has 5 heteroatoms. The fourth-order valence-electron chi connectivity index (χ4n) is 4.22. The van der Waals surface area contributed by atoms with Gasteiger partial charge in [0, 0.05) is 19.0 Å². The fraction of sp³-hybridized carbons (Fsp3) is 1.00. The van der Waals surface area contributed by atoms with Crippen molar-refractivity contribution in [3.63, 3.8) is 0 Å². The molecular weight excluding hydrogens is 340 g/mol. The Hall–Kier alpha value is -0.200. The molecule has 0 saturated carbocycles. The third-order valence-corrected chi connectivity index (χ3v) is 6.16. The Bertz CT molecular complexity index is 369. The van der Waals surface area contributed by atoms with Gasteiger partial charge in [0.1, 0.15) is 6.23 Å². The molecule has 27 heavy (non-hydrogen) atoms. The highest BCUT2D eigenvalue weighted by Crippen LogP contribution is 2.30. The van der Waals surface area contributed by atoms with Gasteiger partial charge in [-0.25, -0.2) is 0 Å². The molecule has 4 N–H and O–H groups in total. The maximum atomic E-state index is 11.0. The lowest BCUT2D eigenvalue weighted by Crippen LogP contribution is -2.46. The number of nitrogens with zero attached hydrogens (tertiary/aromatic N) is 1. The highest BCUT2D eigenvalue weighted by molar-refractivity contribution is 4.85. The second-order valence-corrected chi connectivity index (χ2v) is 9.37. The molecule has 0 spiro atoms. The van der Waals surface area contributed by atoms with Crippen LogP contribution in [0.1, 0.15) is 79.1 Å². The van der Waals surface area contributed by atoms with Crippen LogP contribution in [-0.4, -0.2) is 59.8 Å². The van der Waals surface area contributed by atoms with Crippen molar-refractivity contribution in [2.75, 3.05) is 32.8 Å². The standard InChI is InChI=1S/C22H46N2O3/c1-18(2)8-5-9-19(3)10-6-12-22(4,26)20(21(23)25)11-7-13-24-14-16-27-17-15-24/h18-21,25-26H,5-17,23H2,1-4H3. The molecule has 1 fully saturated rings. The van der Waals surface area contributed by atoms with Crippen molar-refractivity contribution in [1.82, 2.24) is 4.90 Å². The van der Waals surface area contributed by atoms with Crippen molar-refractivity contribution in [2.24, 2.45) is 23.5 Å². The molecule has 0 aromatic heterocycles. The SMILES string of the molecule is CC(C)CCCC(C)CCCC(C)(O)C(CCCN1CCOCC1)C(N)O. The molecule has 1 aliphatic rings. The van der Waals surface area contributed by atoms with Crippen molar-refractivity contribution in [1.29, 1.82) is 0 Å². The molecule has 1 rings (SSSR count). The number of morpholine rings is 1. The van der Waals surface area contributed by atoms with Crippen molar-refractivity contribution < 1.29 is 14.9 Å². The molecule has 0 aromatic carbocycles. The summed E-state index contributed by atoms with van der Waals surface area (Å²) in [5, 5.41) is 21.0. The molecule has 0 aliphatic carbocycles. The maximum absolute atomic E-state index is 11.0. The van der Waals surface area contributed by atoms with Crippen LogP contribution >= 0.6 is 0 Å². The van der Waals surface area contributed by atoms with E-state index in [4.69, 9.17) is 10.5 Å². The molecule has 1 heterocycles. The molecule has 1 saturated heterocycles. The minimum absolute atomic E-state index is 0.269. The van der Waals surface area contributed by atoms with E-state index in [0.29, 0.717) is 12.3 Å². The van der Waals surface area contributed by atoms with Gasteiger partial charge in [0.15, 0.2) is 0 Å². The van der Waals surface area contributed by atoms with Gasteiger partial charge < -0.3 is 20.7 Å². The lowest BCUT2D eigenvalue weighted by molar-refractivity contribution is -0.0693. The molecule has 4 atom stereocenters. The van der Waals surface area contributed by atoms with E-state index in [1.165, 1.54) is 19.3 Å². The van der Waals surface area contributed by atoms with Crippen molar-refractivity contribution in [2.45, 2.75) is 90.9 Å². The number of hydrogen-bond acceptors (Lipinski definition) is 5. The van der Waals surface area contributed by atoms with Crippen LogP contribution in [0, 0.1) is 17.8 Å². The normalized spacial score (nSPS) is 21.8. The summed E-state index contributed by atoms with van der Waals surface area (Å²) in [6, 6.07) is 0. The van der Waals surface area contributed by atoms with Crippen LogP contribution < -0.4 is 5.73 Å². The van der Waals surface area contributed by atoms with E-state index in [9.17, 15) is 10.2 Å². The Morgan fingerprint density at radius 2 is 1.63 bits per heavy atom. The molecule has 5 nitrogen and oxygen atoms in total. The molecule has 1 aliphatic heterocycles. The maximum Gasteiger partial charge on any atom is 0.108 e. The highest BCUT2D eigenvalue weighted by atomic mass is 16.5. The average molecular weight is 387 g/mol. The fourth-order valence-corrected chi connectivity index (χ4v) is 4.22. The summed E-state index contributed by atoms with van der Waals surface area (Å²) in [6.45, 7) is 13.3. The summed E-state index contributed by atoms with van der Waals surface area (Å²) in [5.74, 6) is 1.21. The minimum Gasteiger partial charge on any atom is -0.390 e. The number of nitrogens with two attached hydrogens (primary N) is 1. The van der Waals surface area contributed by atoms with E-state index in [0.717, 1.165) is 64.4 Å². The van der Waals surface area contributed by atoms with E-state index in [-0.39, 0.29) is 5.92 Å². The zero-order chi connectivity index (χ0) is 20.3. The number of aliphatic hydroxyl groups is 2. The average Bonchev–Trinajstić information content (AvgIpc) is 2.58. The van der Waals surface area contributed by atoms with Gasteiger partial charge in [-0.05, 0) is 44.6 Å². The summed E-state index contributed by atoms with van der Waals surface area (Å²) in [4.78, 5) is 2.39. The van der Waals surface area contributed by atoms with E-state index in [1.54, 1.807) is 0 Å². The summed E-state index contributed by atoms with van der Waals surface area (Å²) in [6.07, 6.45) is 7.42. The van der Waals surface area contributed by atoms with Crippen molar-refractivity contribution >= 4 is 0 Å². The number of hydrogen-bond donors (Lipinski definition) is 3. The summed E-state index contributed by atoms with van der Waals surface area (Å²) < 4.78 is 5.38. The zero-order valence-corrected chi connectivity index (χ0v) is 18.3. The smallest absolute Gasteiger partial charge is 0.108 e. The van der Waals surface area contributed by atoms with Crippen LogP contribution in [-0.2, 0) is 4.74 Å². The third kappa shape index (κ3) is 10.8. The van der Waals surface area contributed by atoms with Crippen molar-refractivity contribution in [3.8, 4) is 0 Å². The second kappa shape index (κ2) is 13.1. The van der Waals surface area contributed by atoms with Gasteiger partial charge in [0.2, 0.25) is 0 Å². The minimum atomic E-state index is -0.965. The van der Waals surface area contributed by atoms with Gasteiger partial charge in [-0.2, -0.15) is 0 Å². The second-order valence-electron chi connectivity index (χ2n) is 9.37. The predicted octanol–water partition coefficient (Wildman–Crippen LogP) is 3.38. The van der Waals surface area contributed by atoms with Crippen LogP contribution in [0.25, 0.3) is 0 Å². The molecule has 162 valence electrons. The van der Waals surface area contributed by atoms with Gasteiger partial charge in [0.05, 0.1) is 18.8 Å². The molecular formula is C22H46N2O3. The Morgan fingerprint density at radius 3 is 2.22 bits per heavy atom. The monoisotopic (exact) mass is 386 g/mol. The molecule has 0 amide bonds. The summed E-state index contributed by atoms with van der Waals surface area (Å²) in [5.41, 5.74) is 4.92. The first-order chi connectivity index (χ1) is 12.7. The van der Waals surface area contributed by atoms with Gasteiger partial charge in [-0.1, -0.05) is 52.9 Å². The first-order valence-electron chi connectivity index (χ1n) is 11.2. The van der Waals surface area contributed by atoms with Crippen LogP contribution in [0.15, 0.2) is 0 Å². The topological polar surface area (TPSA) is 79.0 Å². The van der Waals surface area contributed by atoms with Crippen LogP contribution in [0.4, 0.5) is 0 Å². The molecule has 4 unspecified atom stereocenters. The molecule has 0 bridgehead atoms. The largest absolute Gasteiger partial charge is 0.390 e. The van der Waals surface area contributed by atoms with Crippen LogP contribution in [0.3, 0.4) is 0 Å². The van der Waals surface area contributed by atoms with E-state index < -0.39 is 11.8 Å². The first-order valence-corrected chi connectivity index (χ1v) is 11.2. The lowest BCUT2D eigenvalue weighted by atomic mass is 9.80. The van der Waals surface area contributed by atoms with Gasteiger partial charge in [-0.15, -0.1) is 0 Å². The van der Waals surface area contributed by atoms with Gasteiger partial charge >= 0.3 is 0 Å². The number of ether oxygens (including phenoxy) is 1. The van der Waals surface area contributed by atoms with Crippen LogP contribution in [0.2, 0.25) is 0 Å². The Balaban J connectivity index is 2.31. The van der Waals surface area contributed by atoms with Gasteiger partial charge in [-0.3, -0.25) is 4.90 Å². The first kappa shape index (κ1) is 24.8. The molecule has 0 radical (unpaired) electrons. The summed E-state index contributed by atoms with van der Waals surface area (Å²) in [7, 11) is 0. The zero-order valence-electron chi connectivity index (χ0n) is 18.3. The highest BCUT2D eigenvalue weighted by Gasteiger charge is 2.35. The number of aliphatic hydroxyl groups excluding tert-OH is 1. The molecule has 0 aromatic rings. The Labute approximate surface area is 167 Å².